The van der Waals surface area contributed by atoms with Gasteiger partial charge in [-0.05, 0) is 17.7 Å². The predicted molar refractivity (Wildman–Crippen MR) is 83.0 cm³/mol. The van der Waals surface area contributed by atoms with Crippen molar-refractivity contribution in [1.82, 2.24) is 9.38 Å². The molecule has 0 spiro atoms. The highest BCUT2D eigenvalue weighted by Crippen LogP contribution is 2.29. The summed E-state index contributed by atoms with van der Waals surface area (Å²) in [5.74, 6) is 1.47. The number of aromatic nitrogens is 2. The molecule has 0 unspecified atom stereocenters. The van der Waals surface area contributed by atoms with E-state index in [4.69, 9.17) is 9.47 Å². The molecule has 0 radical (unpaired) electrons. The van der Waals surface area contributed by atoms with Crippen molar-refractivity contribution in [3.05, 3.63) is 47.2 Å². The molecule has 3 rings (SSSR count). The fraction of sp³-hybridized carbons (Fsp3) is 0.214. The quantitative estimate of drug-likeness (QED) is 0.653. The number of halogens is 1. The minimum absolute atomic E-state index is 0.429. The summed E-state index contributed by atoms with van der Waals surface area (Å²) in [5, 5.41) is 2.80. The lowest BCUT2D eigenvalue weighted by Gasteiger charge is -2.10. The van der Waals surface area contributed by atoms with E-state index in [9.17, 15) is 0 Å². The fourth-order valence-electron chi connectivity index (χ4n) is 1.91. The monoisotopic (exact) mass is 352 g/mol. The second kappa shape index (κ2) is 5.85. The number of benzene rings is 1. The number of nitrogens with zero attached hydrogens (tertiary/aromatic N) is 2. The highest BCUT2D eigenvalue weighted by molar-refractivity contribution is 9.08. The lowest BCUT2D eigenvalue weighted by Crippen LogP contribution is -1.98. The average Bonchev–Trinajstić information content (AvgIpc) is 3.05. The molecule has 104 valence electrons. The zero-order valence-electron chi connectivity index (χ0n) is 10.9. The summed E-state index contributed by atoms with van der Waals surface area (Å²) in [4.78, 5) is 5.46. The Bertz CT molecular complexity index is 694. The molecule has 2 aromatic heterocycles. The van der Waals surface area contributed by atoms with Gasteiger partial charge in [-0.15, -0.1) is 11.3 Å². The maximum atomic E-state index is 5.80. The van der Waals surface area contributed by atoms with E-state index in [-0.39, 0.29) is 0 Å². The molecule has 0 saturated carbocycles. The Hall–Kier alpha value is -1.53. The molecule has 0 aliphatic rings. The van der Waals surface area contributed by atoms with Crippen molar-refractivity contribution < 1.29 is 9.47 Å². The molecule has 4 nitrogen and oxygen atoms in total. The van der Waals surface area contributed by atoms with Crippen LogP contribution >= 0.6 is 27.3 Å². The molecule has 3 aromatic rings. The Morgan fingerprint density at radius 1 is 1.35 bits per heavy atom. The van der Waals surface area contributed by atoms with Crippen LogP contribution < -0.4 is 9.47 Å². The Kier molecular flexibility index (Phi) is 3.93. The van der Waals surface area contributed by atoms with E-state index < -0.39 is 0 Å². The molecular weight excluding hydrogens is 340 g/mol. The molecule has 2 heterocycles. The van der Waals surface area contributed by atoms with E-state index in [0.29, 0.717) is 6.61 Å². The number of hydrogen-bond acceptors (Lipinski definition) is 4. The van der Waals surface area contributed by atoms with Gasteiger partial charge in [-0.3, -0.25) is 4.40 Å². The summed E-state index contributed by atoms with van der Waals surface area (Å²) < 4.78 is 13.1. The van der Waals surface area contributed by atoms with Gasteiger partial charge in [-0.25, -0.2) is 4.98 Å². The van der Waals surface area contributed by atoms with E-state index in [1.807, 2.05) is 40.4 Å². The lowest BCUT2D eigenvalue weighted by atomic mass is 10.2. The molecule has 0 atom stereocenters. The van der Waals surface area contributed by atoms with Gasteiger partial charge in [0.2, 0.25) is 0 Å². The Balaban J connectivity index is 1.75. The lowest BCUT2D eigenvalue weighted by molar-refractivity contribution is 0.281. The molecule has 0 bridgehead atoms. The van der Waals surface area contributed by atoms with E-state index >= 15 is 0 Å². The van der Waals surface area contributed by atoms with Crippen molar-refractivity contribution in [2.75, 3.05) is 7.11 Å². The minimum atomic E-state index is 0.429. The van der Waals surface area contributed by atoms with Crippen LogP contribution in [0.5, 0.6) is 11.5 Å². The van der Waals surface area contributed by atoms with Crippen molar-refractivity contribution >= 4 is 32.2 Å². The van der Waals surface area contributed by atoms with E-state index in [0.717, 1.165) is 33.0 Å². The third kappa shape index (κ3) is 2.66. The van der Waals surface area contributed by atoms with Gasteiger partial charge in [-0.1, -0.05) is 22.0 Å². The minimum Gasteiger partial charge on any atom is -0.493 e. The standard InChI is InChI=1S/C14H13BrN2O2S/c1-18-13-6-10(7-15)2-3-12(13)19-9-11-8-17-4-5-20-14(17)16-11/h2-6,8H,7,9H2,1H3. The number of imidazole rings is 1. The van der Waals surface area contributed by atoms with Gasteiger partial charge in [0.25, 0.3) is 0 Å². The first kappa shape index (κ1) is 13.5. The van der Waals surface area contributed by atoms with Crippen LogP contribution in [0, 0.1) is 0 Å². The zero-order valence-corrected chi connectivity index (χ0v) is 13.3. The SMILES string of the molecule is COc1cc(CBr)ccc1OCc1cn2ccsc2n1. The summed E-state index contributed by atoms with van der Waals surface area (Å²) >= 11 is 5.04. The van der Waals surface area contributed by atoms with Crippen LogP contribution in [0.1, 0.15) is 11.3 Å². The van der Waals surface area contributed by atoms with Crippen molar-refractivity contribution in [2.24, 2.45) is 0 Å². The first-order chi connectivity index (χ1) is 9.80. The molecule has 0 fully saturated rings. The van der Waals surface area contributed by atoms with Crippen molar-refractivity contribution in [3.63, 3.8) is 0 Å². The second-order valence-corrected chi connectivity index (χ2v) is 5.67. The molecule has 20 heavy (non-hydrogen) atoms. The molecule has 0 N–H and O–H groups in total. The Morgan fingerprint density at radius 2 is 2.25 bits per heavy atom. The van der Waals surface area contributed by atoms with Crippen LogP contribution in [-0.4, -0.2) is 16.5 Å². The van der Waals surface area contributed by atoms with Crippen LogP contribution in [0.3, 0.4) is 0 Å². The molecule has 0 aliphatic carbocycles. The first-order valence-corrected chi connectivity index (χ1v) is 8.07. The maximum absolute atomic E-state index is 5.80. The summed E-state index contributed by atoms with van der Waals surface area (Å²) in [5.41, 5.74) is 2.06. The summed E-state index contributed by atoms with van der Waals surface area (Å²) in [6.07, 6.45) is 3.97. The molecule has 1 aromatic carbocycles. The summed E-state index contributed by atoms with van der Waals surface area (Å²) in [7, 11) is 1.65. The largest absolute Gasteiger partial charge is 0.493 e. The van der Waals surface area contributed by atoms with E-state index in [2.05, 4.69) is 20.9 Å². The van der Waals surface area contributed by atoms with Crippen LogP contribution in [0.25, 0.3) is 4.96 Å². The van der Waals surface area contributed by atoms with E-state index in [1.54, 1.807) is 18.4 Å². The number of fused-ring (bicyclic) bond motifs is 1. The Labute approximate surface area is 129 Å². The van der Waals surface area contributed by atoms with Gasteiger partial charge in [0, 0.05) is 23.1 Å². The first-order valence-electron chi connectivity index (χ1n) is 6.07. The zero-order chi connectivity index (χ0) is 13.9. The molecule has 0 aliphatic heterocycles. The fourth-order valence-corrected chi connectivity index (χ4v) is 2.98. The highest BCUT2D eigenvalue weighted by atomic mass is 79.9. The molecular formula is C14H13BrN2O2S. The topological polar surface area (TPSA) is 35.8 Å². The number of ether oxygens (including phenoxy) is 2. The van der Waals surface area contributed by atoms with Gasteiger partial charge >= 0.3 is 0 Å². The molecule has 0 saturated heterocycles. The molecule has 6 heteroatoms. The summed E-state index contributed by atoms with van der Waals surface area (Å²) in [6.45, 7) is 0.429. The van der Waals surface area contributed by atoms with Crippen LogP contribution in [0.2, 0.25) is 0 Å². The summed E-state index contributed by atoms with van der Waals surface area (Å²) in [6, 6.07) is 5.90. The van der Waals surface area contributed by atoms with Gasteiger partial charge in [0.05, 0.1) is 12.8 Å². The van der Waals surface area contributed by atoms with Crippen molar-refractivity contribution in [3.8, 4) is 11.5 Å². The maximum Gasteiger partial charge on any atom is 0.193 e. The Morgan fingerprint density at radius 3 is 3.00 bits per heavy atom. The smallest absolute Gasteiger partial charge is 0.193 e. The van der Waals surface area contributed by atoms with Gasteiger partial charge in [0.1, 0.15) is 6.61 Å². The van der Waals surface area contributed by atoms with Gasteiger partial charge in [-0.2, -0.15) is 0 Å². The number of alkyl halides is 1. The number of thiazole rings is 1. The van der Waals surface area contributed by atoms with Crippen molar-refractivity contribution in [2.45, 2.75) is 11.9 Å². The van der Waals surface area contributed by atoms with Crippen molar-refractivity contribution in [1.29, 1.82) is 0 Å². The van der Waals surface area contributed by atoms with Crippen LogP contribution in [0.15, 0.2) is 36.0 Å². The number of methoxy groups -OCH3 is 1. The predicted octanol–water partition coefficient (Wildman–Crippen LogP) is 3.88. The number of rotatable bonds is 5. The number of hydrogen-bond donors (Lipinski definition) is 0. The highest BCUT2D eigenvalue weighted by Gasteiger charge is 2.08. The third-order valence-corrected chi connectivity index (χ3v) is 4.32. The van der Waals surface area contributed by atoms with Crippen LogP contribution in [0.4, 0.5) is 0 Å². The van der Waals surface area contributed by atoms with Gasteiger partial charge in [0.15, 0.2) is 16.5 Å². The third-order valence-electron chi connectivity index (χ3n) is 2.90. The van der Waals surface area contributed by atoms with Gasteiger partial charge < -0.3 is 9.47 Å². The van der Waals surface area contributed by atoms with Crippen LogP contribution in [-0.2, 0) is 11.9 Å². The van der Waals surface area contributed by atoms with E-state index in [1.165, 1.54) is 0 Å². The normalized spacial score (nSPS) is 10.9. The average molecular weight is 353 g/mol. The second-order valence-electron chi connectivity index (χ2n) is 4.23. The molecule has 0 amide bonds.